The first-order valence-electron chi connectivity index (χ1n) is 6.53. The van der Waals surface area contributed by atoms with Gasteiger partial charge in [-0.25, -0.2) is 8.78 Å². The lowest BCUT2D eigenvalue weighted by atomic mass is 9.98. The van der Waals surface area contributed by atoms with Gasteiger partial charge in [0.25, 0.3) is 0 Å². The minimum Gasteiger partial charge on any atom is -0.310 e. The van der Waals surface area contributed by atoms with Gasteiger partial charge < -0.3 is 5.32 Å². The van der Waals surface area contributed by atoms with Gasteiger partial charge in [0.15, 0.2) is 0 Å². The Morgan fingerprint density at radius 3 is 2.40 bits per heavy atom. The van der Waals surface area contributed by atoms with Crippen LogP contribution in [-0.4, -0.2) is 6.54 Å². The summed E-state index contributed by atoms with van der Waals surface area (Å²) < 4.78 is 28.1. The number of rotatable bonds is 5. The zero-order valence-corrected chi connectivity index (χ0v) is 13.3. The molecule has 0 spiro atoms. The van der Waals surface area contributed by atoms with Crippen LogP contribution in [0.3, 0.4) is 0 Å². The molecule has 1 unspecified atom stereocenters. The molecule has 20 heavy (non-hydrogen) atoms. The van der Waals surface area contributed by atoms with Crippen LogP contribution in [0.2, 0.25) is 0 Å². The Balaban J connectivity index is 2.24. The molecular formula is C16H16F2IN. The first-order valence-corrected chi connectivity index (χ1v) is 7.60. The number of benzene rings is 2. The Hall–Kier alpha value is -1.01. The fraction of sp³-hybridized carbons (Fsp3) is 0.250. The summed E-state index contributed by atoms with van der Waals surface area (Å²) in [7, 11) is 0. The maximum Gasteiger partial charge on any atom is 0.130 e. The molecule has 0 aromatic heterocycles. The van der Waals surface area contributed by atoms with Gasteiger partial charge in [-0.15, -0.1) is 0 Å². The van der Waals surface area contributed by atoms with Gasteiger partial charge in [0.2, 0.25) is 0 Å². The highest BCUT2D eigenvalue weighted by molar-refractivity contribution is 14.1. The molecule has 0 fully saturated rings. The van der Waals surface area contributed by atoms with E-state index in [4.69, 9.17) is 0 Å². The Bertz CT molecular complexity index is 569. The highest BCUT2D eigenvalue weighted by atomic mass is 127. The molecule has 0 aliphatic heterocycles. The van der Waals surface area contributed by atoms with Crippen molar-refractivity contribution in [2.24, 2.45) is 0 Å². The molecule has 0 bridgehead atoms. The van der Waals surface area contributed by atoms with Crippen molar-refractivity contribution in [3.05, 3.63) is 68.8 Å². The summed E-state index contributed by atoms with van der Waals surface area (Å²) in [6.45, 7) is 2.70. The van der Waals surface area contributed by atoms with Gasteiger partial charge in [-0.1, -0.05) is 25.1 Å². The van der Waals surface area contributed by atoms with Crippen LogP contribution in [0.4, 0.5) is 8.78 Å². The van der Waals surface area contributed by atoms with Gasteiger partial charge in [0.1, 0.15) is 11.6 Å². The number of hydrogen-bond donors (Lipinski definition) is 1. The molecule has 0 heterocycles. The zero-order chi connectivity index (χ0) is 14.5. The van der Waals surface area contributed by atoms with Crippen molar-refractivity contribution < 1.29 is 8.78 Å². The van der Waals surface area contributed by atoms with Crippen molar-refractivity contribution in [3.8, 4) is 0 Å². The highest BCUT2D eigenvalue weighted by Gasteiger charge is 2.16. The second kappa shape index (κ2) is 7.13. The lowest BCUT2D eigenvalue weighted by Gasteiger charge is -2.19. The average molecular weight is 387 g/mol. The summed E-state index contributed by atoms with van der Waals surface area (Å²) in [4.78, 5) is 0. The van der Waals surface area contributed by atoms with Gasteiger partial charge in [-0.3, -0.25) is 0 Å². The molecule has 1 atom stereocenters. The monoisotopic (exact) mass is 387 g/mol. The minimum atomic E-state index is -0.546. The molecule has 2 rings (SSSR count). The van der Waals surface area contributed by atoms with Crippen molar-refractivity contribution in [1.82, 2.24) is 5.32 Å². The van der Waals surface area contributed by atoms with Crippen LogP contribution < -0.4 is 5.32 Å². The molecule has 0 radical (unpaired) electrons. The predicted molar refractivity (Wildman–Crippen MR) is 85.6 cm³/mol. The molecule has 2 aromatic carbocycles. The van der Waals surface area contributed by atoms with Crippen molar-refractivity contribution in [2.75, 3.05) is 6.54 Å². The van der Waals surface area contributed by atoms with E-state index >= 15 is 0 Å². The number of halogens is 3. The summed E-state index contributed by atoms with van der Waals surface area (Å²) >= 11 is 2.25. The lowest BCUT2D eigenvalue weighted by molar-refractivity contribution is 0.502. The molecule has 0 saturated heterocycles. The summed E-state index contributed by atoms with van der Waals surface area (Å²) in [6.07, 6.45) is 0.674. The maximum atomic E-state index is 13.9. The van der Waals surface area contributed by atoms with Crippen LogP contribution in [0.5, 0.6) is 0 Å². The third kappa shape index (κ3) is 3.99. The Morgan fingerprint density at radius 1 is 1.10 bits per heavy atom. The van der Waals surface area contributed by atoms with E-state index in [9.17, 15) is 8.78 Å². The summed E-state index contributed by atoms with van der Waals surface area (Å²) in [5.74, 6) is -1.04. The SMILES string of the molecule is CCNC(Cc1ccc(I)cc1)c1ccc(F)cc1F. The van der Waals surface area contributed by atoms with Crippen LogP contribution in [0.25, 0.3) is 0 Å². The van der Waals surface area contributed by atoms with Crippen LogP contribution in [-0.2, 0) is 6.42 Å². The molecule has 2 aromatic rings. The van der Waals surface area contributed by atoms with Gasteiger partial charge in [-0.2, -0.15) is 0 Å². The molecule has 1 N–H and O–H groups in total. The molecular weight excluding hydrogens is 371 g/mol. The summed E-state index contributed by atoms with van der Waals surface area (Å²) in [5, 5.41) is 3.26. The molecule has 0 aliphatic carbocycles. The summed E-state index contributed by atoms with van der Waals surface area (Å²) in [5.41, 5.74) is 1.63. The Kier molecular flexibility index (Phi) is 5.48. The first-order chi connectivity index (χ1) is 9.60. The predicted octanol–water partition coefficient (Wildman–Crippen LogP) is 4.46. The van der Waals surface area contributed by atoms with Crippen molar-refractivity contribution in [2.45, 2.75) is 19.4 Å². The van der Waals surface area contributed by atoms with Crippen molar-refractivity contribution in [1.29, 1.82) is 0 Å². The van der Waals surface area contributed by atoms with E-state index in [0.29, 0.717) is 12.0 Å². The van der Waals surface area contributed by atoms with Crippen LogP contribution in [0.1, 0.15) is 24.1 Å². The van der Waals surface area contributed by atoms with Crippen LogP contribution in [0, 0.1) is 15.2 Å². The highest BCUT2D eigenvalue weighted by Crippen LogP contribution is 2.22. The fourth-order valence-corrected chi connectivity index (χ4v) is 2.54. The van der Waals surface area contributed by atoms with Crippen molar-refractivity contribution >= 4 is 22.6 Å². The zero-order valence-electron chi connectivity index (χ0n) is 11.2. The van der Waals surface area contributed by atoms with Crippen molar-refractivity contribution in [3.63, 3.8) is 0 Å². The van der Waals surface area contributed by atoms with E-state index in [1.54, 1.807) is 0 Å². The topological polar surface area (TPSA) is 12.0 Å². The number of hydrogen-bond acceptors (Lipinski definition) is 1. The molecule has 4 heteroatoms. The van der Waals surface area contributed by atoms with E-state index in [1.807, 2.05) is 31.2 Å². The third-order valence-corrected chi connectivity index (χ3v) is 3.86. The van der Waals surface area contributed by atoms with Gasteiger partial charge in [-0.05, 0) is 59.3 Å². The van der Waals surface area contributed by atoms with E-state index < -0.39 is 11.6 Å². The first kappa shape index (κ1) is 15.4. The molecule has 0 amide bonds. The van der Waals surface area contributed by atoms with E-state index in [-0.39, 0.29) is 6.04 Å². The van der Waals surface area contributed by atoms with Crippen LogP contribution >= 0.6 is 22.6 Å². The van der Waals surface area contributed by atoms with E-state index in [0.717, 1.165) is 18.2 Å². The Labute approximate surface area is 131 Å². The normalized spacial score (nSPS) is 12.4. The molecule has 106 valence electrons. The smallest absolute Gasteiger partial charge is 0.130 e. The largest absolute Gasteiger partial charge is 0.310 e. The lowest BCUT2D eigenvalue weighted by Crippen LogP contribution is -2.24. The number of nitrogens with one attached hydrogen (secondary N) is 1. The Morgan fingerprint density at radius 2 is 1.80 bits per heavy atom. The fourth-order valence-electron chi connectivity index (χ4n) is 2.18. The average Bonchev–Trinajstić information content (AvgIpc) is 2.41. The third-order valence-electron chi connectivity index (χ3n) is 3.14. The van der Waals surface area contributed by atoms with Gasteiger partial charge >= 0.3 is 0 Å². The van der Waals surface area contributed by atoms with Crippen LogP contribution in [0.15, 0.2) is 42.5 Å². The maximum absolute atomic E-state index is 13.9. The second-order valence-corrected chi connectivity index (χ2v) is 5.85. The number of likely N-dealkylation sites (N-methyl/N-ethyl adjacent to an activating group) is 1. The molecule has 1 nitrogen and oxygen atoms in total. The molecule has 0 aliphatic rings. The standard InChI is InChI=1S/C16H16F2IN/c1-2-20-16(9-11-3-6-13(19)7-4-11)14-8-5-12(17)10-15(14)18/h3-8,10,16,20H,2,9H2,1H3. The quantitative estimate of drug-likeness (QED) is 0.747. The van der Waals surface area contributed by atoms with Gasteiger partial charge in [0, 0.05) is 21.2 Å². The van der Waals surface area contributed by atoms with Gasteiger partial charge in [0.05, 0.1) is 0 Å². The second-order valence-electron chi connectivity index (χ2n) is 4.61. The van der Waals surface area contributed by atoms with E-state index in [2.05, 4.69) is 27.9 Å². The molecule has 0 saturated carbocycles. The minimum absolute atomic E-state index is 0.152. The van der Waals surface area contributed by atoms with E-state index in [1.165, 1.54) is 15.7 Å². The summed E-state index contributed by atoms with van der Waals surface area (Å²) in [6, 6.07) is 11.7.